The summed E-state index contributed by atoms with van der Waals surface area (Å²) >= 11 is 0. The van der Waals surface area contributed by atoms with E-state index >= 15 is 0 Å². The Bertz CT molecular complexity index is 397. The van der Waals surface area contributed by atoms with E-state index in [4.69, 9.17) is 5.73 Å². The second-order valence-electron chi connectivity index (χ2n) is 3.04. The molecule has 0 aromatic carbocycles. The molecule has 4 nitrogen and oxygen atoms in total. The highest BCUT2D eigenvalue weighted by Gasteiger charge is 2.06. The van der Waals surface area contributed by atoms with E-state index in [1.807, 2.05) is 0 Å². The number of hydrogen-bond acceptors (Lipinski definition) is 4. The zero-order valence-electron chi connectivity index (χ0n) is 8.11. The van der Waals surface area contributed by atoms with E-state index in [1.54, 1.807) is 6.92 Å². The number of aromatic nitrogens is 1. The summed E-state index contributed by atoms with van der Waals surface area (Å²) in [6, 6.07) is 0. The Morgan fingerprint density at radius 1 is 1.57 bits per heavy atom. The summed E-state index contributed by atoms with van der Waals surface area (Å²) < 4.78 is 0. The third-order valence-electron chi connectivity index (χ3n) is 1.86. The predicted octanol–water partition coefficient (Wildman–Crippen LogP) is 0.984. The Hall–Kier alpha value is -1.84. The lowest BCUT2D eigenvalue weighted by Crippen LogP contribution is -2.02. The van der Waals surface area contributed by atoms with E-state index in [0.717, 1.165) is 0 Å². The first-order chi connectivity index (χ1) is 6.52. The highest BCUT2D eigenvalue weighted by atomic mass is 16.3. The first-order valence-electron chi connectivity index (χ1n) is 4.14. The summed E-state index contributed by atoms with van der Waals surface area (Å²) in [6.45, 7) is 3.13. The maximum absolute atomic E-state index is 10.8. The fourth-order valence-corrected chi connectivity index (χ4v) is 1.10. The summed E-state index contributed by atoms with van der Waals surface area (Å²) in [5.41, 5.74) is 7.18. The largest absolute Gasteiger partial charge is 0.506 e. The van der Waals surface area contributed by atoms with E-state index in [9.17, 15) is 9.90 Å². The van der Waals surface area contributed by atoms with Crippen molar-refractivity contribution in [1.82, 2.24) is 4.98 Å². The molecule has 0 saturated carbocycles. The lowest BCUT2D eigenvalue weighted by Gasteiger charge is -2.05. The van der Waals surface area contributed by atoms with Gasteiger partial charge in [-0.15, -0.1) is 0 Å². The third kappa shape index (κ3) is 2.10. The molecule has 0 aliphatic heterocycles. The van der Waals surface area contributed by atoms with Crippen LogP contribution >= 0.6 is 0 Å². The van der Waals surface area contributed by atoms with Gasteiger partial charge in [-0.3, -0.25) is 9.78 Å². The van der Waals surface area contributed by atoms with Crippen LogP contribution in [0.3, 0.4) is 0 Å². The molecule has 0 amide bonds. The molecule has 3 N–H and O–H groups in total. The van der Waals surface area contributed by atoms with Crippen LogP contribution in [0.1, 0.15) is 18.1 Å². The second-order valence-corrected chi connectivity index (χ2v) is 3.04. The molecule has 74 valence electrons. The predicted molar refractivity (Wildman–Crippen MR) is 53.5 cm³/mol. The summed E-state index contributed by atoms with van der Waals surface area (Å²) in [7, 11) is 0. The van der Waals surface area contributed by atoms with Gasteiger partial charge in [0.2, 0.25) is 0 Å². The van der Waals surface area contributed by atoms with Crippen LogP contribution in [-0.2, 0) is 4.79 Å². The Morgan fingerprint density at radius 2 is 2.21 bits per heavy atom. The fourth-order valence-electron chi connectivity index (χ4n) is 1.10. The van der Waals surface area contributed by atoms with Crippen LogP contribution in [0.5, 0.6) is 5.75 Å². The maximum atomic E-state index is 10.8. The molecular weight excluding hydrogens is 180 g/mol. The van der Waals surface area contributed by atoms with Crippen molar-refractivity contribution in [2.75, 3.05) is 0 Å². The van der Waals surface area contributed by atoms with Gasteiger partial charge >= 0.3 is 0 Å². The quantitative estimate of drug-likeness (QED) is 0.685. The Labute approximate surface area is 82.1 Å². The average Bonchev–Trinajstić information content (AvgIpc) is 2.08. The van der Waals surface area contributed by atoms with Crippen LogP contribution in [0.4, 0.5) is 0 Å². The van der Waals surface area contributed by atoms with Gasteiger partial charge in [-0.25, -0.2) is 0 Å². The van der Waals surface area contributed by atoms with Crippen LogP contribution in [0, 0.1) is 6.92 Å². The molecule has 0 unspecified atom stereocenters. The topological polar surface area (TPSA) is 76.2 Å². The Morgan fingerprint density at radius 3 is 2.79 bits per heavy atom. The number of carbonyl (C=O) groups excluding carboxylic acids is 1. The van der Waals surface area contributed by atoms with Gasteiger partial charge in [0.25, 0.3) is 0 Å². The van der Waals surface area contributed by atoms with Gasteiger partial charge in [0.1, 0.15) is 5.75 Å². The summed E-state index contributed by atoms with van der Waals surface area (Å²) in [6.07, 6.45) is 4.16. The number of ketones is 1. The molecular formula is C10H12N2O2. The molecule has 0 aliphatic rings. The lowest BCUT2D eigenvalue weighted by atomic mass is 10.1. The Balaban J connectivity index is 3.20. The summed E-state index contributed by atoms with van der Waals surface area (Å²) in [5, 5.41) is 9.35. The van der Waals surface area contributed by atoms with Crippen LogP contribution < -0.4 is 5.73 Å². The number of rotatable bonds is 2. The van der Waals surface area contributed by atoms with Gasteiger partial charge in [0.05, 0.1) is 6.20 Å². The fraction of sp³-hybridized carbons (Fsp3) is 0.200. The minimum atomic E-state index is -0.134. The van der Waals surface area contributed by atoms with Crippen molar-refractivity contribution in [1.29, 1.82) is 0 Å². The molecule has 1 heterocycles. The number of nitrogens with two attached hydrogens (primary N) is 1. The second kappa shape index (κ2) is 3.91. The van der Waals surface area contributed by atoms with E-state index in [0.29, 0.717) is 16.8 Å². The maximum Gasteiger partial charge on any atom is 0.154 e. The number of aromatic hydroxyl groups is 1. The molecule has 0 aliphatic carbocycles. The van der Waals surface area contributed by atoms with E-state index < -0.39 is 0 Å². The third-order valence-corrected chi connectivity index (χ3v) is 1.86. The van der Waals surface area contributed by atoms with Crippen molar-refractivity contribution < 1.29 is 9.90 Å². The molecule has 4 heteroatoms. The van der Waals surface area contributed by atoms with Crippen LogP contribution in [0.25, 0.3) is 5.70 Å². The van der Waals surface area contributed by atoms with Crippen molar-refractivity contribution in [2.45, 2.75) is 13.8 Å². The first kappa shape index (κ1) is 10.2. The zero-order chi connectivity index (χ0) is 10.7. The molecule has 0 spiro atoms. The smallest absolute Gasteiger partial charge is 0.154 e. The number of carbonyl (C=O) groups is 1. The van der Waals surface area contributed by atoms with Gasteiger partial charge in [0, 0.05) is 29.1 Å². The summed E-state index contributed by atoms with van der Waals surface area (Å²) in [4.78, 5) is 14.6. The lowest BCUT2D eigenvalue weighted by molar-refractivity contribution is -0.112. The van der Waals surface area contributed by atoms with Crippen molar-refractivity contribution in [3.05, 3.63) is 29.6 Å². The van der Waals surface area contributed by atoms with E-state index in [2.05, 4.69) is 4.98 Å². The van der Waals surface area contributed by atoms with Gasteiger partial charge in [-0.05, 0) is 13.8 Å². The van der Waals surface area contributed by atoms with Crippen LogP contribution in [0.15, 0.2) is 18.5 Å². The van der Waals surface area contributed by atoms with Gasteiger partial charge < -0.3 is 10.8 Å². The molecule has 0 fully saturated rings. The van der Waals surface area contributed by atoms with Crippen molar-refractivity contribution >= 4 is 11.5 Å². The molecule has 0 atom stereocenters. The molecule has 1 aromatic rings. The molecule has 0 bridgehead atoms. The molecule has 14 heavy (non-hydrogen) atoms. The van der Waals surface area contributed by atoms with Crippen LogP contribution in [0.2, 0.25) is 0 Å². The number of allylic oxidation sites excluding steroid dienone is 1. The van der Waals surface area contributed by atoms with E-state index in [-0.39, 0.29) is 11.5 Å². The molecule has 0 saturated heterocycles. The minimum Gasteiger partial charge on any atom is -0.506 e. The highest BCUT2D eigenvalue weighted by Crippen LogP contribution is 2.21. The molecule has 1 aromatic heterocycles. The van der Waals surface area contributed by atoms with E-state index in [1.165, 1.54) is 25.4 Å². The van der Waals surface area contributed by atoms with Crippen molar-refractivity contribution in [2.24, 2.45) is 5.73 Å². The normalized spacial score (nSPS) is 11.4. The van der Waals surface area contributed by atoms with Crippen molar-refractivity contribution in [3.63, 3.8) is 0 Å². The zero-order valence-corrected chi connectivity index (χ0v) is 8.11. The monoisotopic (exact) mass is 192 g/mol. The average molecular weight is 192 g/mol. The molecule has 1 rings (SSSR count). The van der Waals surface area contributed by atoms with Gasteiger partial charge in [0.15, 0.2) is 5.78 Å². The SMILES string of the molecule is CC(=O)/C=C(/N)c1cncc(O)c1C. The number of hydrogen-bond donors (Lipinski definition) is 2. The molecule has 0 radical (unpaired) electrons. The van der Waals surface area contributed by atoms with Crippen molar-refractivity contribution in [3.8, 4) is 5.75 Å². The number of pyridine rings is 1. The minimum absolute atomic E-state index is 0.0717. The first-order valence-corrected chi connectivity index (χ1v) is 4.14. The van der Waals surface area contributed by atoms with Gasteiger partial charge in [-0.2, -0.15) is 0 Å². The summed E-state index contributed by atoms with van der Waals surface area (Å²) in [5.74, 6) is -0.0624. The van der Waals surface area contributed by atoms with Crippen LogP contribution in [-0.4, -0.2) is 15.9 Å². The Kier molecular flexibility index (Phi) is 2.86. The number of nitrogens with zero attached hydrogens (tertiary/aromatic N) is 1. The van der Waals surface area contributed by atoms with Gasteiger partial charge in [-0.1, -0.05) is 0 Å². The highest BCUT2D eigenvalue weighted by molar-refractivity contribution is 5.94. The standard InChI is InChI=1S/C10H12N2O2/c1-6(13)3-9(11)8-4-12-5-10(14)7(8)2/h3-5,14H,11H2,1-2H3/b9-3+.